The van der Waals surface area contributed by atoms with Gasteiger partial charge in [0.25, 0.3) is 0 Å². The number of carbonyl (C=O) groups is 2. The molecule has 1 N–H and O–H groups in total. The second kappa shape index (κ2) is 7.29. The predicted octanol–water partition coefficient (Wildman–Crippen LogP) is 3.96. The van der Waals surface area contributed by atoms with Gasteiger partial charge < -0.3 is 10.1 Å². The lowest BCUT2D eigenvalue weighted by Crippen LogP contribution is -2.15. The van der Waals surface area contributed by atoms with Gasteiger partial charge in [-0.2, -0.15) is 0 Å². The largest absolute Gasteiger partial charge is 0.465 e. The van der Waals surface area contributed by atoms with E-state index in [9.17, 15) is 9.59 Å². The van der Waals surface area contributed by atoms with E-state index in [1.165, 1.54) is 7.11 Å². The van der Waals surface area contributed by atoms with Gasteiger partial charge in [-0.3, -0.25) is 4.79 Å². The highest BCUT2D eigenvalue weighted by atomic mass is 35.5. The molecule has 2 aromatic rings. The zero-order valence-electron chi connectivity index (χ0n) is 11.7. The van der Waals surface area contributed by atoms with Crippen molar-refractivity contribution in [3.63, 3.8) is 0 Å². The summed E-state index contributed by atoms with van der Waals surface area (Å²) in [5.74, 6) is -0.705. The summed E-state index contributed by atoms with van der Waals surface area (Å²) < 4.78 is 4.64. The average Bonchev–Trinajstić information content (AvgIpc) is 2.49. The maximum absolute atomic E-state index is 12.1. The Hall–Kier alpha value is -2.04. The van der Waals surface area contributed by atoms with Crippen molar-refractivity contribution in [2.45, 2.75) is 6.42 Å². The number of anilines is 1. The van der Waals surface area contributed by atoms with Crippen molar-refractivity contribution in [1.82, 2.24) is 0 Å². The maximum Gasteiger partial charge on any atom is 0.337 e. The van der Waals surface area contributed by atoms with Crippen molar-refractivity contribution in [3.05, 3.63) is 63.6 Å². The van der Waals surface area contributed by atoms with Gasteiger partial charge in [0.05, 0.1) is 19.1 Å². The highest BCUT2D eigenvalue weighted by Gasteiger charge is 2.10. The first-order chi connectivity index (χ1) is 10.5. The number of rotatable bonds is 4. The summed E-state index contributed by atoms with van der Waals surface area (Å²) in [6.45, 7) is 0. The third kappa shape index (κ3) is 4.23. The summed E-state index contributed by atoms with van der Waals surface area (Å²) in [6, 6.07) is 11.5. The Morgan fingerprint density at radius 1 is 1.14 bits per heavy atom. The molecule has 0 aliphatic rings. The van der Waals surface area contributed by atoms with Gasteiger partial charge in [0.1, 0.15) is 0 Å². The zero-order chi connectivity index (χ0) is 16.1. The number of esters is 1. The molecule has 2 aromatic carbocycles. The van der Waals surface area contributed by atoms with E-state index in [0.717, 1.165) is 0 Å². The third-order valence-corrected chi connectivity index (χ3v) is 3.52. The van der Waals surface area contributed by atoms with Gasteiger partial charge in [-0.25, -0.2) is 4.79 Å². The molecule has 0 aliphatic heterocycles. The fraction of sp³-hybridized carbons (Fsp3) is 0.125. The van der Waals surface area contributed by atoms with Crippen LogP contribution in [0, 0.1) is 0 Å². The summed E-state index contributed by atoms with van der Waals surface area (Å²) in [4.78, 5) is 23.5. The summed E-state index contributed by atoms with van der Waals surface area (Å²) in [6.07, 6.45) is 0.110. The zero-order valence-corrected chi connectivity index (χ0v) is 13.2. The Morgan fingerprint density at radius 3 is 2.59 bits per heavy atom. The van der Waals surface area contributed by atoms with E-state index in [1.807, 2.05) is 0 Å². The summed E-state index contributed by atoms with van der Waals surface area (Å²) in [7, 11) is 1.30. The molecule has 6 heteroatoms. The molecule has 114 valence electrons. The number of amides is 1. The third-order valence-electron chi connectivity index (χ3n) is 2.93. The number of halogens is 2. The Bertz CT molecular complexity index is 716. The number of ether oxygens (including phenoxy) is 1. The molecule has 4 nitrogen and oxygen atoms in total. The highest BCUT2D eigenvalue weighted by Crippen LogP contribution is 2.22. The highest BCUT2D eigenvalue weighted by molar-refractivity contribution is 6.35. The van der Waals surface area contributed by atoms with Crippen LogP contribution in [0.3, 0.4) is 0 Å². The molecule has 1 amide bonds. The van der Waals surface area contributed by atoms with E-state index < -0.39 is 5.97 Å². The molecule has 0 fully saturated rings. The van der Waals surface area contributed by atoms with Crippen LogP contribution in [0.4, 0.5) is 5.69 Å². The standard InChI is InChI=1S/C16H13Cl2NO3/c1-22-16(21)11-3-2-4-13(7-11)19-15(20)8-10-5-6-12(17)9-14(10)18/h2-7,9H,8H2,1H3,(H,19,20). The van der Waals surface area contributed by atoms with Crippen molar-refractivity contribution < 1.29 is 14.3 Å². The van der Waals surface area contributed by atoms with Gasteiger partial charge in [0, 0.05) is 15.7 Å². The lowest BCUT2D eigenvalue weighted by atomic mass is 10.1. The maximum atomic E-state index is 12.1. The molecule has 0 aliphatic carbocycles. The molecule has 0 atom stereocenters. The quantitative estimate of drug-likeness (QED) is 0.859. The number of carbonyl (C=O) groups excluding carboxylic acids is 2. The monoisotopic (exact) mass is 337 g/mol. The topological polar surface area (TPSA) is 55.4 Å². The Balaban J connectivity index is 2.07. The van der Waals surface area contributed by atoms with E-state index in [1.54, 1.807) is 42.5 Å². The van der Waals surface area contributed by atoms with Gasteiger partial charge in [0.15, 0.2) is 0 Å². The van der Waals surface area contributed by atoms with Crippen LogP contribution in [0.25, 0.3) is 0 Å². The number of benzene rings is 2. The Labute approximate surface area is 138 Å². The Morgan fingerprint density at radius 2 is 1.91 bits per heavy atom. The average molecular weight is 338 g/mol. The Kier molecular flexibility index (Phi) is 5.41. The molecule has 2 rings (SSSR count). The summed E-state index contributed by atoms with van der Waals surface area (Å²) in [5.41, 5.74) is 1.55. The minimum atomic E-state index is -0.461. The molecule has 0 radical (unpaired) electrons. The van der Waals surface area contributed by atoms with E-state index in [0.29, 0.717) is 26.9 Å². The SMILES string of the molecule is COC(=O)c1cccc(NC(=O)Cc2ccc(Cl)cc2Cl)c1. The summed E-state index contributed by atoms with van der Waals surface area (Å²) >= 11 is 11.9. The second-order valence-electron chi connectivity index (χ2n) is 4.53. The van der Waals surface area contributed by atoms with Gasteiger partial charge >= 0.3 is 5.97 Å². The number of methoxy groups -OCH3 is 1. The van der Waals surface area contributed by atoms with Gasteiger partial charge in [0.2, 0.25) is 5.91 Å². The second-order valence-corrected chi connectivity index (χ2v) is 5.38. The number of nitrogens with one attached hydrogen (secondary N) is 1. The van der Waals surface area contributed by atoms with Crippen molar-refractivity contribution in [1.29, 1.82) is 0 Å². The van der Waals surface area contributed by atoms with Gasteiger partial charge in [-0.05, 0) is 35.9 Å². The first-order valence-corrected chi connectivity index (χ1v) is 7.17. The molecular weight excluding hydrogens is 325 g/mol. The van der Waals surface area contributed by atoms with E-state index in [2.05, 4.69) is 10.1 Å². The minimum absolute atomic E-state index is 0.110. The molecule has 0 bridgehead atoms. The van der Waals surface area contributed by atoms with Crippen LogP contribution >= 0.6 is 23.2 Å². The van der Waals surface area contributed by atoms with Crippen molar-refractivity contribution in [2.75, 3.05) is 12.4 Å². The van der Waals surface area contributed by atoms with Crippen molar-refractivity contribution >= 4 is 40.8 Å². The molecule has 0 unspecified atom stereocenters. The number of hydrogen-bond donors (Lipinski definition) is 1. The molecular formula is C16H13Cl2NO3. The molecule has 0 spiro atoms. The number of hydrogen-bond acceptors (Lipinski definition) is 3. The van der Waals surface area contributed by atoms with Crippen molar-refractivity contribution in [2.24, 2.45) is 0 Å². The minimum Gasteiger partial charge on any atom is -0.465 e. The van der Waals surface area contributed by atoms with Crippen LogP contribution in [-0.2, 0) is 16.0 Å². The molecule has 0 saturated heterocycles. The van der Waals surface area contributed by atoms with Crippen molar-refractivity contribution in [3.8, 4) is 0 Å². The van der Waals surface area contributed by atoms with E-state index in [-0.39, 0.29) is 12.3 Å². The lowest BCUT2D eigenvalue weighted by molar-refractivity contribution is -0.115. The van der Waals surface area contributed by atoms with Gasteiger partial charge in [-0.15, -0.1) is 0 Å². The van der Waals surface area contributed by atoms with Crippen LogP contribution in [0.1, 0.15) is 15.9 Å². The smallest absolute Gasteiger partial charge is 0.337 e. The van der Waals surface area contributed by atoms with Gasteiger partial charge in [-0.1, -0.05) is 35.3 Å². The lowest BCUT2D eigenvalue weighted by Gasteiger charge is -2.08. The van der Waals surface area contributed by atoms with E-state index >= 15 is 0 Å². The summed E-state index contributed by atoms with van der Waals surface area (Å²) in [5, 5.41) is 3.66. The fourth-order valence-corrected chi connectivity index (χ4v) is 2.36. The van der Waals surface area contributed by atoms with E-state index in [4.69, 9.17) is 23.2 Å². The predicted molar refractivity (Wildman–Crippen MR) is 86.6 cm³/mol. The fourth-order valence-electron chi connectivity index (χ4n) is 1.88. The van der Waals surface area contributed by atoms with Crippen LogP contribution in [-0.4, -0.2) is 19.0 Å². The molecule has 0 heterocycles. The first kappa shape index (κ1) is 16.3. The normalized spacial score (nSPS) is 10.1. The van der Waals surface area contributed by atoms with Crippen LogP contribution in [0.15, 0.2) is 42.5 Å². The van der Waals surface area contributed by atoms with Crippen LogP contribution in [0.2, 0.25) is 10.0 Å². The molecule has 22 heavy (non-hydrogen) atoms. The first-order valence-electron chi connectivity index (χ1n) is 6.42. The van der Waals surface area contributed by atoms with Crippen LogP contribution in [0.5, 0.6) is 0 Å². The molecule has 0 aromatic heterocycles. The molecule has 0 saturated carbocycles. The van der Waals surface area contributed by atoms with Crippen LogP contribution < -0.4 is 5.32 Å².